The normalized spacial score (nSPS) is 22.0. The van der Waals surface area contributed by atoms with E-state index in [-0.39, 0.29) is 17.7 Å². The molecular formula is C16H22N2O3S. The molecule has 2 rings (SSSR count). The number of hydrogen-bond donors (Lipinski definition) is 1. The lowest BCUT2D eigenvalue weighted by Gasteiger charge is -2.31. The van der Waals surface area contributed by atoms with Crippen LogP contribution in [0.3, 0.4) is 0 Å². The Morgan fingerprint density at radius 1 is 1.32 bits per heavy atom. The number of rotatable bonds is 6. The number of nitrogens with one attached hydrogen (secondary N) is 1. The summed E-state index contributed by atoms with van der Waals surface area (Å²) in [7, 11) is -3.21. The van der Waals surface area contributed by atoms with E-state index in [1.807, 2.05) is 6.07 Å². The third-order valence-corrected chi connectivity index (χ3v) is 5.50. The van der Waals surface area contributed by atoms with Crippen molar-refractivity contribution in [2.75, 3.05) is 12.4 Å². The summed E-state index contributed by atoms with van der Waals surface area (Å²) in [5.74, 6) is 0.795. The van der Waals surface area contributed by atoms with E-state index in [2.05, 4.69) is 10.8 Å². The van der Waals surface area contributed by atoms with Gasteiger partial charge in [0.05, 0.1) is 17.9 Å². The zero-order valence-electron chi connectivity index (χ0n) is 12.8. The summed E-state index contributed by atoms with van der Waals surface area (Å²) in [6, 6.07) is 9.14. The number of sulfonamides is 1. The molecule has 22 heavy (non-hydrogen) atoms. The van der Waals surface area contributed by atoms with Gasteiger partial charge < -0.3 is 4.74 Å². The summed E-state index contributed by atoms with van der Waals surface area (Å²) in [5.41, 5.74) is 0.504. The SMILES string of the molecule is CCS(=O)(=O)N[C@H]1CCCC[C@@H]1COc1ccccc1C#N. The van der Waals surface area contributed by atoms with Crippen molar-refractivity contribution in [3.8, 4) is 11.8 Å². The molecule has 1 N–H and O–H groups in total. The van der Waals surface area contributed by atoms with Gasteiger partial charge in [-0.15, -0.1) is 0 Å². The molecule has 0 radical (unpaired) electrons. The Hall–Kier alpha value is -1.58. The summed E-state index contributed by atoms with van der Waals surface area (Å²) < 4.78 is 32.2. The molecule has 0 unspecified atom stereocenters. The molecule has 0 spiro atoms. The third kappa shape index (κ3) is 4.46. The second-order valence-corrected chi connectivity index (χ2v) is 7.63. The number of benzene rings is 1. The number of para-hydroxylation sites is 1. The fourth-order valence-corrected chi connectivity index (χ4v) is 3.70. The Bertz CT molecular complexity index is 637. The maximum absolute atomic E-state index is 11.8. The summed E-state index contributed by atoms with van der Waals surface area (Å²) in [5, 5.41) is 9.07. The molecule has 1 aliphatic carbocycles. The summed E-state index contributed by atoms with van der Waals surface area (Å²) in [6.45, 7) is 2.06. The lowest BCUT2D eigenvalue weighted by molar-refractivity contribution is 0.180. The molecule has 5 nitrogen and oxygen atoms in total. The zero-order chi connectivity index (χ0) is 16.0. The molecule has 0 bridgehead atoms. The van der Waals surface area contributed by atoms with Gasteiger partial charge in [-0.2, -0.15) is 5.26 Å². The maximum atomic E-state index is 11.8. The van der Waals surface area contributed by atoms with E-state index in [0.29, 0.717) is 17.9 Å². The third-order valence-electron chi connectivity index (χ3n) is 4.08. The minimum atomic E-state index is -3.21. The molecule has 6 heteroatoms. The first-order valence-electron chi connectivity index (χ1n) is 7.67. The fraction of sp³-hybridized carbons (Fsp3) is 0.562. The molecule has 1 aromatic rings. The van der Waals surface area contributed by atoms with Crippen LogP contribution in [0, 0.1) is 17.2 Å². The number of nitrogens with zero attached hydrogens (tertiary/aromatic N) is 1. The number of hydrogen-bond acceptors (Lipinski definition) is 4. The van der Waals surface area contributed by atoms with Crippen LogP contribution in [0.25, 0.3) is 0 Å². The van der Waals surface area contributed by atoms with E-state index in [4.69, 9.17) is 10.00 Å². The minimum absolute atomic E-state index is 0.0760. The first-order valence-corrected chi connectivity index (χ1v) is 9.33. The Morgan fingerprint density at radius 2 is 2.05 bits per heavy atom. The molecule has 2 atom stereocenters. The molecule has 1 aliphatic rings. The van der Waals surface area contributed by atoms with Gasteiger partial charge in [0.15, 0.2) is 0 Å². The van der Waals surface area contributed by atoms with E-state index < -0.39 is 10.0 Å². The van der Waals surface area contributed by atoms with Crippen LogP contribution >= 0.6 is 0 Å². The van der Waals surface area contributed by atoms with Crippen molar-refractivity contribution in [1.29, 1.82) is 5.26 Å². The Morgan fingerprint density at radius 3 is 2.77 bits per heavy atom. The summed E-state index contributed by atoms with van der Waals surface area (Å²) in [4.78, 5) is 0. The van der Waals surface area contributed by atoms with Gasteiger partial charge in [-0.3, -0.25) is 0 Å². The van der Waals surface area contributed by atoms with Crippen LogP contribution < -0.4 is 9.46 Å². The highest BCUT2D eigenvalue weighted by Gasteiger charge is 2.28. The van der Waals surface area contributed by atoms with Gasteiger partial charge in [0, 0.05) is 12.0 Å². The van der Waals surface area contributed by atoms with Gasteiger partial charge in [-0.25, -0.2) is 13.1 Å². The van der Waals surface area contributed by atoms with Crippen molar-refractivity contribution in [2.24, 2.45) is 5.92 Å². The van der Waals surface area contributed by atoms with Crippen LogP contribution in [-0.2, 0) is 10.0 Å². The van der Waals surface area contributed by atoms with Gasteiger partial charge >= 0.3 is 0 Å². The first kappa shape index (κ1) is 16.8. The quantitative estimate of drug-likeness (QED) is 0.872. The van der Waals surface area contributed by atoms with Crippen molar-refractivity contribution in [3.05, 3.63) is 29.8 Å². The number of ether oxygens (including phenoxy) is 1. The van der Waals surface area contributed by atoms with Crippen LogP contribution in [0.4, 0.5) is 0 Å². The molecular weight excluding hydrogens is 300 g/mol. The monoisotopic (exact) mass is 322 g/mol. The fourth-order valence-electron chi connectivity index (χ4n) is 2.76. The second-order valence-electron chi connectivity index (χ2n) is 5.59. The number of nitriles is 1. The van der Waals surface area contributed by atoms with Gasteiger partial charge in [-0.05, 0) is 31.9 Å². The molecule has 0 aromatic heterocycles. The van der Waals surface area contributed by atoms with Crippen LogP contribution in [0.15, 0.2) is 24.3 Å². The second kappa shape index (κ2) is 7.61. The van der Waals surface area contributed by atoms with Crippen molar-refractivity contribution >= 4 is 10.0 Å². The van der Waals surface area contributed by atoms with Crippen LogP contribution in [0.2, 0.25) is 0 Å². The Labute approximate surface area is 132 Å². The topological polar surface area (TPSA) is 79.2 Å². The highest BCUT2D eigenvalue weighted by molar-refractivity contribution is 7.89. The van der Waals surface area contributed by atoms with E-state index in [0.717, 1.165) is 25.7 Å². The maximum Gasteiger partial charge on any atom is 0.211 e. The molecule has 1 saturated carbocycles. The molecule has 0 amide bonds. The van der Waals surface area contributed by atoms with Gasteiger partial charge in [0.1, 0.15) is 11.8 Å². The van der Waals surface area contributed by atoms with Crippen molar-refractivity contribution < 1.29 is 13.2 Å². The zero-order valence-corrected chi connectivity index (χ0v) is 13.6. The lowest BCUT2D eigenvalue weighted by atomic mass is 9.86. The van der Waals surface area contributed by atoms with E-state index in [9.17, 15) is 8.42 Å². The van der Waals surface area contributed by atoms with E-state index in [1.54, 1.807) is 25.1 Å². The Kier molecular flexibility index (Phi) is 5.81. The van der Waals surface area contributed by atoms with Crippen LogP contribution in [-0.4, -0.2) is 26.8 Å². The lowest BCUT2D eigenvalue weighted by Crippen LogP contribution is -2.44. The predicted octanol–water partition coefficient (Wildman–Crippen LogP) is 2.44. The highest BCUT2D eigenvalue weighted by Crippen LogP contribution is 2.27. The first-order chi connectivity index (χ1) is 10.6. The van der Waals surface area contributed by atoms with Crippen molar-refractivity contribution in [3.63, 3.8) is 0 Å². The van der Waals surface area contributed by atoms with Gasteiger partial charge in [-0.1, -0.05) is 25.0 Å². The van der Waals surface area contributed by atoms with E-state index >= 15 is 0 Å². The molecule has 0 heterocycles. The summed E-state index contributed by atoms with van der Waals surface area (Å²) >= 11 is 0. The molecule has 0 saturated heterocycles. The van der Waals surface area contributed by atoms with Gasteiger partial charge in [0.2, 0.25) is 10.0 Å². The average molecular weight is 322 g/mol. The smallest absolute Gasteiger partial charge is 0.211 e. The molecule has 120 valence electrons. The van der Waals surface area contributed by atoms with E-state index in [1.165, 1.54) is 0 Å². The van der Waals surface area contributed by atoms with Crippen LogP contribution in [0.5, 0.6) is 5.75 Å². The van der Waals surface area contributed by atoms with Crippen molar-refractivity contribution in [2.45, 2.75) is 38.6 Å². The standard InChI is InChI=1S/C16H22N2O3S/c1-2-22(19,20)18-15-9-5-3-8-14(15)12-21-16-10-6-4-7-13(16)11-17/h4,6-7,10,14-15,18H,2-3,5,8-9,12H2,1H3/t14-,15+/m1/s1. The largest absolute Gasteiger partial charge is 0.492 e. The molecule has 1 fully saturated rings. The average Bonchev–Trinajstić information content (AvgIpc) is 2.54. The summed E-state index contributed by atoms with van der Waals surface area (Å²) in [6.07, 6.45) is 3.89. The predicted molar refractivity (Wildman–Crippen MR) is 85.0 cm³/mol. The highest BCUT2D eigenvalue weighted by atomic mass is 32.2. The van der Waals surface area contributed by atoms with Crippen molar-refractivity contribution in [1.82, 2.24) is 4.72 Å². The molecule has 0 aliphatic heterocycles. The van der Waals surface area contributed by atoms with Crippen LogP contribution in [0.1, 0.15) is 38.2 Å². The Balaban J connectivity index is 2.01. The minimum Gasteiger partial charge on any atom is -0.492 e. The molecule has 1 aromatic carbocycles. The van der Waals surface area contributed by atoms with Gasteiger partial charge in [0.25, 0.3) is 0 Å².